The fraction of sp³-hybridized carbons (Fsp3) is 0.412. The number of nitrogens with zero attached hydrogens (tertiary/aromatic N) is 2. The van der Waals surface area contributed by atoms with Gasteiger partial charge in [-0.25, -0.2) is 0 Å². The predicted octanol–water partition coefficient (Wildman–Crippen LogP) is 2.66. The van der Waals surface area contributed by atoms with Crippen molar-refractivity contribution in [2.45, 2.75) is 33.2 Å². The molecule has 0 aliphatic rings. The van der Waals surface area contributed by atoms with Crippen LogP contribution in [-0.2, 0) is 13.0 Å². The first-order valence-corrected chi connectivity index (χ1v) is 7.77. The molecular formula is C17H23N3O2. The van der Waals surface area contributed by atoms with Gasteiger partial charge in [-0.2, -0.15) is 0 Å². The quantitative estimate of drug-likeness (QED) is 0.763. The number of amides is 1. The number of carbonyl (C=O) groups excluding carboxylic acids is 1. The van der Waals surface area contributed by atoms with E-state index in [0.29, 0.717) is 31.1 Å². The lowest BCUT2D eigenvalue weighted by molar-refractivity contribution is 0.0949. The fourth-order valence-corrected chi connectivity index (χ4v) is 2.20. The van der Waals surface area contributed by atoms with Gasteiger partial charge in [-0.1, -0.05) is 30.3 Å². The second-order valence-electron chi connectivity index (χ2n) is 4.98. The maximum Gasteiger partial charge on any atom is 0.258 e. The standard InChI is InChI=1S/C17H23N3O2/c1-3-20-13-15(17(19-20)22-4-2)16(21)18-12-8-11-14-9-6-5-7-10-14/h5-7,9-10,13H,3-4,8,11-12H2,1-2H3,(H,18,21). The lowest BCUT2D eigenvalue weighted by Gasteiger charge is -2.05. The third-order valence-corrected chi connectivity index (χ3v) is 3.35. The number of nitrogens with one attached hydrogen (secondary N) is 1. The Bertz CT molecular complexity index is 593. The Balaban J connectivity index is 1.85. The Kier molecular flexibility index (Phi) is 6.01. The zero-order chi connectivity index (χ0) is 15.8. The lowest BCUT2D eigenvalue weighted by atomic mass is 10.1. The van der Waals surface area contributed by atoms with Crippen LogP contribution in [0.25, 0.3) is 0 Å². The maximum absolute atomic E-state index is 12.2. The Morgan fingerprint density at radius 2 is 2.05 bits per heavy atom. The van der Waals surface area contributed by atoms with Crippen LogP contribution in [0.5, 0.6) is 5.88 Å². The molecule has 1 amide bonds. The zero-order valence-electron chi connectivity index (χ0n) is 13.2. The van der Waals surface area contributed by atoms with Crippen LogP contribution in [0.2, 0.25) is 0 Å². The first kappa shape index (κ1) is 16.1. The van der Waals surface area contributed by atoms with Gasteiger partial charge in [0, 0.05) is 19.3 Å². The molecule has 0 fully saturated rings. The van der Waals surface area contributed by atoms with Crippen molar-refractivity contribution in [3.05, 3.63) is 47.7 Å². The number of hydrogen-bond acceptors (Lipinski definition) is 3. The Labute approximate surface area is 131 Å². The molecule has 2 aromatic rings. The van der Waals surface area contributed by atoms with Gasteiger partial charge in [0.25, 0.3) is 5.91 Å². The largest absolute Gasteiger partial charge is 0.476 e. The van der Waals surface area contributed by atoms with Gasteiger partial charge in [-0.05, 0) is 32.3 Å². The fourth-order valence-electron chi connectivity index (χ4n) is 2.20. The number of hydrogen-bond donors (Lipinski definition) is 1. The average Bonchev–Trinajstić information content (AvgIpc) is 2.96. The summed E-state index contributed by atoms with van der Waals surface area (Å²) in [4.78, 5) is 12.2. The summed E-state index contributed by atoms with van der Waals surface area (Å²) < 4.78 is 7.14. The van der Waals surface area contributed by atoms with E-state index in [4.69, 9.17) is 4.74 Å². The molecule has 22 heavy (non-hydrogen) atoms. The minimum atomic E-state index is -0.129. The van der Waals surface area contributed by atoms with E-state index >= 15 is 0 Å². The van der Waals surface area contributed by atoms with Crippen LogP contribution >= 0.6 is 0 Å². The zero-order valence-corrected chi connectivity index (χ0v) is 13.2. The van der Waals surface area contributed by atoms with E-state index in [9.17, 15) is 4.79 Å². The highest BCUT2D eigenvalue weighted by Crippen LogP contribution is 2.15. The molecular weight excluding hydrogens is 278 g/mol. The van der Waals surface area contributed by atoms with E-state index in [2.05, 4.69) is 22.5 Å². The molecule has 0 aliphatic carbocycles. The van der Waals surface area contributed by atoms with Gasteiger partial charge in [0.2, 0.25) is 5.88 Å². The van der Waals surface area contributed by atoms with Crippen molar-refractivity contribution >= 4 is 5.91 Å². The SMILES string of the molecule is CCOc1nn(CC)cc1C(=O)NCCCc1ccccc1. The van der Waals surface area contributed by atoms with Gasteiger partial charge in [-0.15, -0.1) is 5.10 Å². The minimum Gasteiger partial charge on any atom is -0.476 e. The highest BCUT2D eigenvalue weighted by atomic mass is 16.5. The number of aryl methyl sites for hydroxylation is 2. The van der Waals surface area contributed by atoms with Crippen molar-refractivity contribution in [1.29, 1.82) is 0 Å². The number of rotatable bonds is 8. The summed E-state index contributed by atoms with van der Waals surface area (Å²) in [5.41, 5.74) is 1.79. The van der Waals surface area contributed by atoms with E-state index in [1.807, 2.05) is 32.0 Å². The van der Waals surface area contributed by atoms with Gasteiger partial charge in [0.1, 0.15) is 5.56 Å². The molecule has 0 saturated carbocycles. The first-order chi connectivity index (χ1) is 10.7. The number of benzene rings is 1. The van der Waals surface area contributed by atoms with E-state index in [1.165, 1.54) is 5.56 Å². The molecule has 0 aliphatic heterocycles. The van der Waals surface area contributed by atoms with Crippen molar-refractivity contribution < 1.29 is 9.53 Å². The third kappa shape index (κ3) is 4.35. The lowest BCUT2D eigenvalue weighted by Crippen LogP contribution is -2.25. The monoisotopic (exact) mass is 301 g/mol. The molecule has 2 rings (SSSR count). The third-order valence-electron chi connectivity index (χ3n) is 3.35. The average molecular weight is 301 g/mol. The van der Waals surface area contributed by atoms with Crippen molar-refractivity contribution in [2.75, 3.05) is 13.2 Å². The van der Waals surface area contributed by atoms with Crippen molar-refractivity contribution in [2.24, 2.45) is 0 Å². The summed E-state index contributed by atoms with van der Waals surface area (Å²) in [5.74, 6) is 0.279. The van der Waals surface area contributed by atoms with E-state index in [1.54, 1.807) is 10.9 Å². The molecule has 0 bridgehead atoms. The summed E-state index contributed by atoms with van der Waals surface area (Å²) in [7, 11) is 0. The van der Waals surface area contributed by atoms with Crippen LogP contribution in [0.4, 0.5) is 0 Å². The Hall–Kier alpha value is -2.30. The van der Waals surface area contributed by atoms with E-state index in [-0.39, 0.29) is 5.91 Å². The molecule has 5 heteroatoms. The smallest absolute Gasteiger partial charge is 0.258 e. The second-order valence-corrected chi connectivity index (χ2v) is 4.98. The predicted molar refractivity (Wildman–Crippen MR) is 86.2 cm³/mol. The summed E-state index contributed by atoms with van der Waals surface area (Å²) in [6.07, 6.45) is 3.59. The summed E-state index contributed by atoms with van der Waals surface area (Å²) in [6, 6.07) is 10.3. The number of ether oxygens (including phenoxy) is 1. The number of carbonyl (C=O) groups is 1. The molecule has 0 unspecified atom stereocenters. The molecule has 0 saturated heterocycles. The summed E-state index contributed by atoms with van der Waals surface area (Å²) >= 11 is 0. The van der Waals surface area contributed by atoms with Crippen molar-refractivity contribution in [1.82, 2.24) is 15.1 Å². The topological polar surface area (TPSA) is 56.2 Å². The molecule has 1 aromatic heterocycles. The van der Waals surface area contributed by atoms with Crippen molar-refractivity contribution in [3.8, 4) is 5.88 Å². The molecule has 0 radical (unpaired) electrons. The highest BCUT2D eigenvalue weighted by Gasteiger charge is 2.16. The Morgan fingerprint density at radius 3 is 2.73 bits per heavy atom. The van der Waals surface area contributed by atoms with Gasteiger partial charge in [-0.3, -0.25) is 9.48 Å². The van der Waals surface area contributed by atoms with Gasteiger partial charge in [0.15, 0.2) is 0 Å². The van der Waals surface area contributed by atoms with Crippen LogP contribution < -0.4 is 10.1 Å². The van der Waals surface area contributed by atoms with Crippen LogP contribution in [0.1, 0.15) is 36.2 Å². The molecule has 1 aromatic carbocycles. The molecule has 1 N–H and O–H groups in total. The maximum atomic E-state index is 12.2. The van der Waals surface area contributed by atoms with Crippen LogP contribution in [0.3, 0.4) is 0 Å². The van der Waals surface area contributed by atoms with Crippen LogP contribution in [-0.4, -0.2) is 28.8 Å². The van der Waals surface area contributed by atoms with Crippen molar-refractivity contribution in [3.63, 3.8) is 0 Å². The molecule has 5 nitrogen and oxygen atoms in total. The first-order valence-electron chi connectivity index (χ1n) is 7.77. The summed E-state index contributed by atoms with van der Waals surface area (Å²) in [6.45, 7) is 5.70. The normalized spacial score (nSPS) is 10.5. The molecule has 0 atom stereocenters. The molecule has 0 spiro atoms. The van der Waals surface area contributed by atoms with Gasteiger partial charge >= 0.3 is 0 Å². The molecule has 118 valence electrons. The minimum absolute atomic E-state index is 0.129. The highest BCUT2D eigenvalue weighted by molar-refractivity contribution is 5.96. The van der Waals surface area contributed by atoms with Crippen LogP contribution in [0, 0.1) is 0 Å². The van der Waals surface area contributed by atoms with Gasteiger partial charge in [0.05, 0.1) is 6.61 Å². The van der Waals surface area contributed by atoms with Crippen LogP contribution in [0.15, 0.2) is 36.5 Å². The summed E-state index contributed by atoms with van der Waals surface area (Å²) in [5, 5.41) is 7.18. The van der Waals surface area contributed by atoms with E-state index < -0.39 is 0 Å². The molecule has 1 heterocycles. The number of aromatic nitrogens is 2. The van der Waals surface area contributed by atoms with Gasteiger partial charge < -0.3 is 10.1 Å². The Morgan fingerprint density at radius 1 is 1.27 bits per heavy atom. The second kappa shape index (κ2) is 8.22. The van der Waals surface area contributed by atoms with E-state index in [0.717, 1.165) is 12.8 Å².